The quantitative estimate of drug-likeness (QED) is 0.428. The fourth-order valence-corrected chi connectivity index (χ4v) is 4.69. The number of benzene rings is 2. The summed E-state index contributed by atoms with van der Waals surface area (Å²) in [7, 11) is 4.52. The summed E-state index contributed by atoms with van der Waals surface area (Å²) in [5.74, 6) is -3.40. The summed E-state index contributed by atoms with van der Waals surface area (Å²) in [6.45, 7) is 2.26. The van der Waals surface area contributed by atoms with E-state index >= 15 is 0 Å². The molecule has 212 valence electrons. The number of piperazine rings is 1. The third-order valence-electron chi connectivity index (χ3n) is 6.70. The highest BCUT2D eigenvalue weighted by Gasteiger charge is 2.26. The molecule has 2 N–H and O–H groups in total. The maximum Gasteiger partial charge on any atom is 0.291 e. The van der Waals surface area contributed by atoms with Gasteiger partial charge in [-0.1, -0.05) is 11.6 Å². The monoisotopic (exact) mass is 574 g/mol. The van der Waals surface area contributed by atoms with Crippen LogP contribution in [0, 0.1) is 11.6 Å². The molecule has 4 rings (SSSR count). The summed E-state index contributed by atoms with van der Waals surface area (Å²) in [5.41, 5.74) is 0.692. The van der Waals surface area contributed by atoms with Crippen molar-refractivity contribution < 1.29 is 27.9 Å². The number of nitrogens with one attached hydrogen (secondary N) is 2. The third-order valence-corrected chi connectivity index (χ3v) is 7.01. The molecule has 0 spiro atoms. The van der Waals surface area contributed by atoms with Gasteiger partial charge in [-0.15, -0.1) is 0 Å². The van der Waals surface area contributed by atoms with Crippen molar-refractivity contribution in [2.45, 2.75) is 6.42 Å². The fourth-order valence-electron chi connectivity index (χ4n) is 4.43. The number of aromatic nitrogens is 2. The van der Waals surface area contributed by atoms with Crippen molar-refractivity contribution in [3.63, 3.8) is 0 Å². The molecular weight excluding hydrogens is 546 g/mol. The second-order valence-electron chi connectivity index (χ2n) is 9.14. The Balaban J connectivity index is 1.42. The van der Waals surface area contributed by atoms with Gasteiger partial charge in [0.15, 0.2) is 17.4 Å². The minimum absolute atomic E-state index is 0.0423. The smallest absolute Gasteiger partial charge is 0.291 e. The number of hydrogen-bond donors (Lipinski definition) is 2. The highest BCUT2D eigenvalue weighted by molar-refractivity contribution is 6.34. The molecule has 1 aromatic heterocycles. The van der Waals surface area contributed by atoms with Gasteiger partial charge in [-0.05, 0) is 37.4 Å². The fraction of sp³-hybridized carbons (Fsp3) is 0.333. The lowest BCUT2D eigenvalue weighted by atomic mass is 10.1. The standard InChI is InChI=1S/C27H29ClF2N6O4/c1-31-9-8-22(37)35-10-12-36(13-11-35)27(39)17-5-4-16(14-19(17)28)33-26(38)25-32-15-20(34(25)2)18-6-7-21(40-3)24(30)23(18)29/h4-7,14-15,31H,8-13H2,1-3H3,(H,33,38). The Hall–Kier alpha value is -4.03. The molecule has 1 aliphatic heterocycles. The predicted octanol–water partition coefficient (Wildman–Crippen LogP) is 3.17. The molecule has 2 aromatic carbocycles. The van der Waals surface area contributed by atoms with E-state index in [1.807, 2.05) is 0 Å². The van der Waals surface area contributed by atoms with Crippen LogP contribution in [0.1, 0.15) is 27.4 Å². The van der Waals surface area contributed by atoms with Gasteiger partial charge in [-0.2, -0.15) is 4.39 Å². The van der Waals surface area contributed by atoms with Gasteiger partial charge >= 0.3 is 0 Å². The molecule has 3 amide bonds. The zero-order valence-corrected chi connectivity index (χ0v) is 23.0. The van der Waals surface area contributed by atoms with E-state index in [1.165, 1.54) is 55.3 Å². The summed E-state index contributed by atoms with van der Waals surface area (Å²) in [5, 5.41) is 5.75. The van der Waals surface area contributed by atoms with Gasteiger partial charge in [0, 0.05) is 57.4 Å². The number of rotatable bonds is 8. The number of halogens is 3. The lowest BCUT2D eigenvalue weighted by Crippen LogP contribution is -2.50. The molecule has 1 fully saturated rings. The normalized spacial score (nSPS) is 13.3. The van der Waals surface area contributed by atoms with Crippen molar-refractivity contribution in [3.05, 3.63) is 64.6 Å². The van der Waals surface area contributed by atoms with E-state index in [-0.39, 0.29) is 45.2 Å². The first-order valence-electron chi connectivity index (χ1n) is 12.5. The molecule has 1 aliphatic rings. The first-order valence-corrected chi connectivity index (χ1v) is 12.9. The summed E-state index contributed by atoms with van der Waals surface area (Å²) in [6, 6.07) is 7.14. The lowest BCUT2D eigenvalue weighted by Gasteiger charge is -2.35. The average molecular weight is 575 g/mol. The van der Waals surface area contributed by atoms with Gasteiger partial charge < -0.3 is 29.7 Å². The zero-order chi connectivity index (χ0) is 29.0. The molecule has 3 aromatic rings. The molecule has 13 heteroatoms. The van der Waals surface area contributed by atoms with Crippen LogP contribution in [0.25, 0.3) is 11.3 Å². The Morgan fingerprint density at radius 1 is 1.05 bits per heavy atom. The minimum atomic E-state index is -1.14. The molecule has 0 radical (unpaired) electrons. The van der Waals surface area contributed by atoms with Crippen molar-refractivity contribution >= 4 is 35.0 Å². The van der Waals surface area contributed by atoms with Crippen LogP contribution in [0.2, 0.25) is 5.02 Å². The minimum Gasteiger partial charge on any atom is -0.494 e. The summed E-state index contributed by atoms with van der Waals surface area (Å²) < 4.78 is 34.9. The van der Waals surface area contributed by atoms with Gasteiger partial charge in [0.25, 0.3) is 11.8 Å². The highest BCUT2D eigenvalue weighted by Crippen LogP contribution is 2.30. The number of anilines is 1. The Kier molecular flexibility index (Phi) is 9.00. The van der Waals surface area contributed by atoms with Crippen molar-refractivity contribution in [2.75, 3.05) is 52.2 Å². The number of amides is 3. The Labute approximate surface area is 234 Å². The van der Waals surface area contributed by atoms with Gasteiger partial charge in [-0.3, -0.25) is 14.4 Å². The maximum atomic E-state index is 14.6. The SMILES string of the molecule is CNCCC(=O)N1CCN(C(=O)c2ccc(NC(=O)c3ncc(-c4ccc(OC)c(F)c4F)n3C)cc2Cl)CC1. The van der Waals surface area contributed by atoms with Crippen LogP contribution in [0.3, 0.4) is 0 Å². The first kappa shape index (κ1) is 29.0. The van der Waals surface area contributed by atoms with Gasteiger partial charge in [-0.25, -0.2) is 9.37 Å². The largest absolute Gasteiger partial charge is 0.494 e. The number of methoxy groups -OCH3 is 1. The van der Waals surface area contributed by atoms with E-state index in [2.05, 4.69) is 15.6 Å². The lowest BCUT2D eigenvalue weighted by molar-refractivity contribution is -0.132. The maximum absolute atomic E-state index is 14.6. The van der Waals surface area contributed by atoms with E-state index in [0.29, 0.717) is 44.8 Å². The van der Waals surface area contributed by atoms with Gasteiger partial charge in [0.2, 0.25) is 11.7 Å². The Bertz CT molecular complexity index is 1440. The molecule has 0 saturated carbocycles. The Morgan fingerprint density at radius 2 is 1.75 bits per heavy atom. The van der Waals surface area contributed by atoms with Crippen LogP contribution in [-0.2, 0) is 11.8 Å². The van der Waals surface area contributed by atoms with E-state index < -0.39 is 17.5 Å². The van der Waals surface area contributed by atoms with E-state index in [1.54, 1.807) is 16.8 Å². The summed E-state index contributed by atoms with van der Waals surface area (Å²) in [4.78, 5) is 45.6. The van der Waals surface area contributed by atoms with Gasteiger partial charge in [0.1, 0.15) is 0 Å². The second kappa shape index (κ2) is 12.4. The number of hydrogen-bond acceptors (Lipinski definition) is 6. The summed E-state index contributed by atoms with van der Waals surface area (Å²) >= 11 is 6.40. The van der Waals surface area contributed by atoms with Crippen LogP contribution in [0.4, 0.5) is 14.5 Å². The molecule has 0 atom stereocenters. The van der Waals surface area contributed by atoms with Crippen molar-refractivity contribution in [2.24, 2.45) is 7.05 Å². The van der Waals surface area contributed by atoms with E-state index in [0.717, 1.165) is 0 Å². The molecule has 0 aliphatic carbocycles. The first-order chi connectivity index (χ1) is 19.2. The van der Waals surface area contributed by atoms with Crippen molar-refractivity contribution in [3.8, 4) is 17.0 Å². The third kappa shape index (κ3) is 5.92. The molecule has 40 heavy (non-hydrogen) atoms. The van der Waals surface area contributed by atoms with E-state index in [9.17, 15) is 23.2 Å². The molecule has 1 saturated heterocycles. The highest BCUT2D eigenvalue weighted by atomic mass is 35.5. The van der Waals surface area contributed by atoms with E-state index in [4.69, 9.17) is 16.3 Å². The molecule has 0 bridgehead atoms. The van der Waals surface area contributed by atoms with Crippen LogP contribution in [0.5, 0.6) is 5.75 Å². The summed E-state index contributed by atoms with van der Waals surface area (Å²) in [6.07, 6.45) is 1.67. The molecular formula is C27H29ClF2N6O4. The van der Waals surface area contributed by atoms with Crippen LogP contribution in [-0.4, -0.2) is 84.0 Å². The Morgan fingerprint density at radius 3 is 2.40 bits per heavy atom. The molecule has 2 heterocycles. The van der Waals surface area contributed by atoms with Crippen LogP contribution >= 0.6 is 11.6 Å². The van der Waals surface area contributed by atoms with Gasteiger partial charge in [0.05, 0.1) is 29.6 Å². The number of ether oxygens (including phenoxy) is 1. The number of carbonyl (C=O) groups is 3. The number of nitrogens with zero attached hydrogens (tertiary/aromatic N) is 4. The average Bonchev–Trinajstić information content (AvgIpc) is 3.34. The molecule has 10 nitrogen and oxygen atoms in total. The number of imidazole rings is 1. The second-order valence-corrected chi connectivity index (χ2v) is 9.55. The van der Waals surface area contributed by atoms with Crippen LogP contribution in [0.15, 0.2) is 36.5 Å². The topological polar surface area (TPSA) is 109 Å². The zero-order valence-electron chi connectivity index (χ0n) is 22.3. The molecule has 0 unspecified atom stereocenters. The van der Waals surface area contributed by atoms with Crippen LogP contribution < -0.4 is 15.4 Å². The number of carbonyl (C=O) groups excluding carboxylic acids is 3. The van der Waals surface area contributed by atoms with Crippen molar-refractivity contribution in [1.82, 2.24) is 24.7 Å². The predicted molar refractivity (Wildman–Crippen MR) is 146 cm³/mol. The van der Waals surface area contributed by atoms with Crippen molar-refractivity contribution in [1.29, 1.82) is 0 Å².